The SMILES string of the molecule is CSc1ncnc2c1ncn2C1CC2CCC1C2. The monoisotopic (exact) mass is 260 g/mol. The van der Waals surface area contributed by atoms with Crippen molar-refractivity contribution in [2.75, 3.05) is 6.26 Å². The van der Waals surface area contributed by atoms with E-state index in [2.05, 4.69) is 19.5 Å². The zero-order chi connectivity index (χ0) is 12.1. The Kier molecular flexibility index (Phi) is 2.37. The first kappa shape index (κ1) is 10.8. The molecule has 2 fully saturated rings. The van der Waals surface area contributed by atoms with E-state index in [1.165, 1.54) is 25.7 Å². The molecule has 2 saturated carbocycles. The second-order valence-corrected chi connectivity index (χ2v) is 6.24. The normalized spacial score (nSPS) is 30.4. The fourth-order valence-electron chi connectivity index (χ4n) is 3.77. The largest absolute Gasteiger partial charge is 0.312 e. The third-order valence-corrected chi connectivity index (χ3v) is 5.26. The van der Waals surface area contributed by atoms with Gasteiger partial charge in [0.25, 0.3) is 0 Å². The molecule has 2 bridgehead atoms. The molecule has 0 saturated heterocycles. The summed E-state index contributed by atoms with van der Waals surface area (Å²) in [4.78, 5) is 13.3. The maximum Gasteiger partial charge on any atom is 0.164 e. The Balaban J connectivity index is 1.82. The van der Waals surface area contributed by atoms with E-state index < -0.39 is 0 Å². The lowest BCUT2D eigenvalue weighted by molar-refractivity contribution is 0.334. The molecular weight excluding hydrogens is 244 g/mol. The smallest absolute Gasteiger partial charge is 0.164 e. The average Bonchev–Trinajstić information content (AvgIpc) is 3.11. The summed E-state index contributed by atoms with van der Waals surface area (Å²) in [5.41, 5.74) is 1.99. The lowest BCUT2D eigenvalue weighted by Gasteiger charge is -2.23. The molecule has 94 valence electrons. The van der Waals surface area contributed by atoms with Crippen molar-refractivity contribution >= 4 is 22.9 Å². The van der Waals surface area contributed by atoms with Crippen LogP contribution in [0.15, 0.2) is 17.7 Å². The summed E-state index contributed by atoms with van der Waals surface area (Å²) >= 11 is 1.64. The number of hydrogen-bond acceptors (Lipinski definition) is 4. The average molecular weight is 260 g/mol. The molecule has 2 aliphatic carbocycles. The molecule has 2 aromatic rings. The lowest BCUT2D eigenvalue weighted by atomic mass is 9.95. The summed E-state index contributed by atoms with van der Waals surface area (Å²) in [6.45, 7) is 0. The number of imidazole rings is 1. The van der Waals surface area contributed by atoms with E-state index in [4.69, 9.17) is 0 Å². The highest BCUT2D eigenvalue weighted by Gasteiger charge is 2.41. The number of hydrogen-bond donors (Lipinski definition) is 0. The third-order valence-electron chi connectivity index (χ3n) is 4.58. The molecule has 18 heavy (non-hydrogen) atoms. The van der Waals surface area contributed by atoms with Crippen molar-refractivity contribution in [2.24, 2.45) is 11.8 Å². The van der Waals surface area contributed by atoms with Gasteiger partial charge in [-0.05, 0) is 37.4 Å². The molecule has 0 N–H and O–H groups in total. The molecule has 2 aromatic heterocycles. The fraction of sp³-hybridized carbons (Fsp3) is 0.615. The van der Waals surface area contributed by atoms with Gasteiger partial charge in [0.15, 0.2) is 5.65 Å². The summed E-state index contributed by atoms with van der Waals surface area (Å²) < 4.78 is 2.31. The molecule has 2 heterocycles. The summed E-state index contributed by atoms with van der Waals surface area (Å²) in [6.07, 6.45) is 11.2. The Morgan fingerprint density at radius 2 is 2.17 bits per heavy atom. The maximum absolute atomic E-state index is 4.53. The minimum absolute atomic E-state index is 0.623. The second-order valence-electron chi connectivity index (χ2n) is 5.45. The lowest BCUT2D eigenvalue weighted by Crippen LogP contribution is -2.15. The van der Waals surface area contributed by atoms with Crippen LogP contribution in [0.2, 0.25) is 0 Å². The van der Waals surface area contributed by atoms with Crippen LogP contribution in [0.1, 0.15) is 31.7 Å². The van der Waals surface area contributed by atoms with Gasteiger partial charge in [-0.1, -0.05) is 6.42 Å². The van der Waals surface area contributed by atoms with Crippen LogP contribution in [0.4, 0.5) is 0 Å². The van der Waals surface area contributed by atoms with Crippen LogP contribution < -0.4 is 0 Å². The molecule has 0 spiro atoms. The summed E-state index contributed by atoms with van der Waals surface area (Å²) in [6, 6.07) is 0.623. The van der Waals surface area contributed by atoms with Gasteiger partial charge in [-0.2, -0.15) is 0 Å². The molecule has 3 atom stereocenters. The summed E-state index contributed by atoms with van der Waals surface area (Å²) in [7, 11) is 0. The van der Waals surface area contributed by atoms with Gasteiger partial charge in [0, 0.05) is 6.04 Å². The molecule has 4 rings (SSSR count). The van der Waals surface area contributed by atoms with Crippen molar-refractivity contribution in [1.82, 2.24) is 19.5 Å². The predicted molar refractivity (Wildman–Crippen MR) is 71.6 cm³/mol. The number of aromatic nitrogens is 4. The van der Waals surface area contributed by atoms with Gasteiger partial charge in [-0.25, -0.2) is 15.0 Å². The molecule has 0 aliphatic heterocycles. The number of rotatable bonds is 2. The minimum Gasteiger partial charge on any atom is -0.312 e. The first-order valence-corrected chi connectivity index (χ1v) is 7.81. The van der Waals surface area contributed by atoms with E-state index in [0.29, 0.717) is 6.04 Å². The highest BCUT2D eigenvalue weighted by atomic mass is 32.2. The van der Waals surface area contributed by atoms with Crippen LogP contribution >= 0.6 is 11.8 Å². The van der Waals surface area contributed by atoms with E-state index >= 15 is 0 Å². The Labute approximate surface area is 110 Å². The Hall–Kier alpha value is -1.10. The molecular formula is C13H16N4S. The summed E-state index contributed by atoms with van der Waals surface area (Å²) in [5, 5.41) is 0.988. The Morgan fingerprint density at radius 1 is 1.22 bits per heavy atom. The van der Waals surface area contributed by atoms with Crippen LogP contribution in [0.3, 0.4) is 0 Å². The van der Waals surface area contributed by atoms with Crippen LogP contribution in [0, 0.1) is 11.8 Å². The number of fused-ring (bicyclic) bond motifs is 3. The van der Waals surface area contributed by atoms with Crippen molar-refractivity contribution in [3.8, 4) is 0 Å². The van der Waals surface area contributed by atoms with E-state index in [1.54, 1.807) is 18.1 Å². The van der Waals surface area contributed by atoms with Crippen molar-refractivity contribution in [3.05, 3.63) is 12.7 Å². The van der Waals surface area contributed by atoms with Gasteiger partial charge in [0.05, 0.1) is 6.33 Å². The topological polar surface area (TPSA) is 43.6 Å². The molecule has 2 aliphatic rings. The van der Waals surface area contributed by atoms with Gasteiger partial charge >= 0.3 is 0 Å². The van der Waals surface area contributed by atoms with Crippen molar-refractivity contribution in [2.45, 2.75) is 36.8 Å². The van der Waals surface area contributed by atoms with E-state index in [-0.39, 0.29) is 0 Å². The number of nitrogens with zero attached hydrogens (tertiary/aromatic N) is 4. The Bertz CT molecular complexity index is 594. The van der Waals surface area contributed by atoms with Gasteiger partial charge in [-0.3, -0.25) is 0 Å². The van der Waals surface area contributed by atoms with Gasteiger partial charge in [0.2, 0.25) is 0 Å². The summed E-state index contributed by atoms with van der Waals surface area (Å²) in [5.74, 6) is 1.79. The van der Waals surface area contributed by atoms with Crippen molar-refractivity contribution in [1.29, 1.82) is 0 Å². The highest BCUT2D eigenvalue weighted by molar-refractivity contribution is 7.98. The van der Waals surface area contributed by atoms with E-state index in [0.717, 1.165) is 28.0 Å². The molecule has 0 amide bonds. The van der Waals surface area contributed by atoms with Crippen LogP contribution in [0.25, 0.3) is 11.2 Å². The van der Waals surface area contributed by atoms with Gasteiger partial charge < -0.3 is 4.57 Å². The van der Waals surface area contributed by atoms with Crippen molar-refractivity contribution < 1.29 is 0 Å². The predicted octanol–water partition coefficient (Wildman–Crippen LogP) is 2.91. The van der Waals surface area contributed by atoms with E-state index in [1.807, 2.05) is 12.6 Å². The van der Waals surface area contributed by atoms with E-state index in [9.17, 15) is 0 Å². The van der Waals surface area contributed by atoms with Crippen LogP contribution in [0.5, 0.6) is 0 Å². The Morgan fingerprint density at radius 3 is 2.89 bits per heavy atom. The standard InChI is InChI=1S/C13H16N4S/c1-18-13-11-12(14-6-15-13)17(7-16-11)10-5-8-2-3-9(10)4-8/h6-10H,2-5H2,1H3. The zero-order valence-electron chi connectivity index (χ0n) is 10.4. The maximum atomic E-state index is 4.53. The molecule has 0 aromatic carbocycles. The number of thioether (sulfide) groups is 1. The molecule has 3 unspecified atom stereocenters. The quantitative estimate of drug-likeness (QED) is 0.615. The van der Waals surface area contributed by atoms with Crippen LogP contribution in [-0.2, 0) is 0 Å². The molecule has 0 radical (unpaired) electrons. The fourth-order valence-corrected chi connectivity index (χ4v) is 4.26. The zero-order valence-corrected chi connectivity index (χ0v) is 11.2. The molecule has 4 nitrogen and oxygen atoms in total. The van der Waals surface area contributed by atoms with Crippen molar-refractivity contribution in [3.63, 3.8) is 0 Å². The van der Waals surface area contributed by atoms with Gasteiger partial charge in [0.1, 0.15) is 16.9 Å². The highest BCUT2D eigenvalue weighted by Crippen LogP contribution is 2.51. The minimum atomic E-state index is 0.623. The molecule has 5 heteroatoms. The van der Waals surface area contributed by atoms with Gasteiger partial charge in [-0.15, -0.1) is 11.8 Å². The first-order chi connectivity index (χ1) is 8.86. The van der Waals surface area contributed by atoms with Crippen LogP contribution in [-0.4, -0.2) is 25.8 Å². The first-order valence-electron chi connectivity index (χ1n) is 6.58. The second kappa shape index (κ2) is 3.95. The third kappa shape index (κ3) is 1.43.